The Morgan fingerprint density at radius 2 is 0.887 bits per heavy atom. The molecule has 0 radical (unpaired) electrons. The monoisotopic (exact) mass is 678 g/mol. The molecule has 0 saturated carbocycles. The molecule has 246 valence electrons. The quantitative estimate of drug-likeness (QED) is 0.169. The second-order valence-corrected chi connectivity index (χ2v) is 13.5. The molecule has 0 atom stereocenters. The van der Waals surface area contributed by atoms with Gasteiger partial charge in [-0.3, -0.25) is 0 Å². The standard InChI is InChI=1S/C52H32O/c1-2-13-34(14-3-1)50-44-17-6-8-19-46(44)51(47-20-9-7-18-45(47)50)39-27-25-35-30-37(26-24-36(35)31-39)42-22-11-23-48-43-29-28-38(32-49(43)53-52(42)48)41-21-10-15-33-12-4-5-16-40(33)41/h1-32H/i24D,25D,26D,27D,30D,31D. The molecule has 0 bridgehead atoms. The van der Waals surface area contributed by atoms with E-state index in [-0.39, 0.29) is 58.2 Å². The highest BCUT2D eigenvalue weighted by Gasteiger charge is 2.18. The molecule has 0 unspecified atom stereocenters. The van der Waals surface area contributed by atoms with Gasteiger partial charge in [-0.2, -0.15) is 0 Å². The Labute approximate surface area is 315 Å². The van der Waals surface area contributed by atoms with Crippen molar-refractivity contribution < 1.29 is 12.6 Å². The van der Waals surface area contributed by atoms with E-state index < -0.39 is 0 Å². The van der Waals surface area contributed by atoms with Gasteiger partial charge in [0.25, 0.3) is 0 Å². The minimum atomic E-state index is -0.272. The van der Waals surface area contributed by atoms with Crippen LogP contribution in [0, 0.1) is 0 Å². The van der Waals surface area contributed by atoms with Crippen LogP contribution in [0.15, 0.2) is 198 Å². The summed E-state index contributed by atoms with van der Waals surface area (Å²) >= 11 is 0. The third-order valence-corrected chi connectivity index (χ3v) is 10.5. The lowest BCUT2D eigenvalue weighted by atomic mass is 9.85. The van der Waals surface area contributed by atoms with Crippen molar-refractivity contribution in [1.29, 1.82) is 0 Å². The predicted molar refractivity (Wildman–Crippen MR) is 225 cm³/mol. The lowest BCUT2D eigenvalue weighted by Crippen LogP contribution is -1.90. The van der Waals surface area contributed by atoms with E-state index in [0.29, 0.717) is 22.3 Å². The van der Waals surface area contributed by atoms with Crippen LogP contribution < -0.4 is 0 Å². The van der Waals surface area contributed by atoms with E-state index in [2.05, 4.69) is 42.5 Å². The van der Waals surface area contributed by atoms with E-state index in [1.165, 1.54) is 0 Å². The van der Waals surface area contributed by atoms with Crippen molar-refractivity contribution in [3.8, 4) is 44.5 Å². The predicted octanol–water partition coefficient (Wildman–Crippen LogP) is 14.9. The highest BCUT2D eigenvalue weighted by atomic mass is 16.3. The molecule has 0 aliphatic rings. The minimum absolute atomic E-state index is 0.000577. The average Bonchev–Trinajstić information content (AvgIpc) is 3.65. The van der Waals surface area contributed by atoms with Gasteiger partial charge in [0.05, 0.1) is 8.22 Å². The summed E-state index contributed by atoms with van der Waals surface area (Å²) in [5, 5.41) is 7.45. The molecule has 10 aromatic carbocycles. The van der Waals surface area contributed by atoms with Crippen LogP contribution in [-0.4, -0.2) is 0 Å². The number of hydrogen-bond donors (Lipinski definition) is 0. The highest BCUT2D eigenvalue weighted by molar-refractivity contribution is 6.22. The van der Waals surface area contributed by atoms with Crippen molar-refractivity contribution in [1.82, 2.24) is 0 Å². The first kappa shape index (κ1) is 24.3. The summed E-state index contributed by atoms with van der Waals surface area (Å²) in [6.07, 6.45) is 0. The van der Waals surface area contributed by atoms with Crippen LogP contribution >= 0.6 is 0 Å². The van der Waals surface area contributed by atoms with E-state index in [4.69, 9.17) is 4.42 Å². The van der Waals surface area contributed by atoms with Crippen LogP contribution in [-0.2, 0) is 0 Å². The molecule has 11 rings (SSSR count). The number of fused-ring (bicyclic) bond motifs is 7. The van der Waals surface area contributed by atoms with Gasteiger partial charge in [0.1, 0.15) is 11.2 Å². The van der Waals surface area contributed by atoms with Crippen molar-refractivity contribution in [2.75, 3.05) is 0 Å². The Hall–Kier alpha value is -6.96. The van der Waals surface area contributed by atoms with Gasteiger partial charge in [0.2, 0.25) is 0 Å². The summed E-state index contributed by atoms with van der Waals surface area (Å²) in [6, 6.07) is 50.9. The Balaban J connectivity index is 1.15. The molecule has 11 aromatic rings. The molecular formula is C52H32O. The van der Waals surface area contributed by atoms with E-state index in [1.807, 2.05) is 109 Å². The summed E-state index contributed by atoms with van der Waals surface area (Å²) in [4.78, 5) is 0. The van der Waals surface area contributed by atoms with E-state index in [9.17, 15) is 8.22 Å². The van der Waals surface area contributed by atoms with Crippen LogP contribution in [0.5, 0.6) is 0 Å². The Morgan fingerprint density at radius 1 is 0.340 bits per heavy atom. The summed E-state index contributed by atoms with van der Waals surface area (Å²) in [5.41, 5.74) is 6.66. The molecule has 1 heteroatoms. The van der Waals surface area contributed by atoms with Gasteiger partial charge in [-0.1, -0.05) is 170 Å². The van der Waals surface area contributed by atoms with Gasteiger partial charge in [-0.05, 0) is 106 Å². The van der Waals surface area contributed by atoms with Gasteiger partial charge < -0.3 is 4.42 Å². The zero-order chi connectivity index (χ0) is 40.1. The lowest BCUT2D eigenvalue weighted by Gasteiger charge is -2.18. The SMILES string of the molecule is [2H]c1c(-c2cccc3c2oc2cc(-c4cccc5ccccc45)ccc23)c([2H])c2c([2H])c([2H])c(-c3c4ccccc4c(-c4ccccc4)c4ccccc34)c([2H])c2c1[2H]. The molecule has 1 aromatic heterocycles. The third kappa shape index (κ3) is 4.71. The summed E-state index contributed by atoms with van der Waals surface area (Å²) in [6.45, 7) is 0. The van der Waals surface area contributed by atoms with Crippen molar-refractivity contribution in [3.05, 3.63) is 194 Å². The Kier molecular flexibility index (Phi) is 5.40. The summed E-state index contributed by atoms with van der Waals surface area (Å²) < 4.78 is 63.9. The Bertz CT molecular complexity index is 3510. The minimum Gasteiger partial charge on any atom is -0.455 e. The first-order chi connectivity index (χ1) is 28.8. The lowest BCUT2D eigenvalue weighted by molar-refractivity contribution is 0.670. The van der Waals surface area contributed by atoms with Crippen molar-refractivity contribution in [2.24, 2.45) is 0 Å². The first-order valence-corrected chi connectivity index (χ1v) is 17.8. The average molecular weight is 679 g/mol. The van der Waals surface area contributed by atoms with Gasteiger partial charge in [0.15, 0.2) is 0 Å². The normalized spacial score (nSPS) is 13.4. The van der Waals surface area contributed by atoms with E-state index in [0.717, 1.165) is 65.3 Å². The molecule has 0 fully saturated rings. The number of furan rings is 1. The first-order valence-electron chi connectivity index (χ1n) is 20.8. The van der Waals surface area contributed by atoms with Crippen molar-refractivity contribution in [3.63, 3.8) is 0 Å². The summed E-state index contributed by atoms with van der Waals surface area (Å²) in [5.74, 6) is 0. The number of benzene rings is 10. The van der Waals surface area contributed by atoms with Crippen LogP contribution in [0.1, 0.15) is 8.22 Å². The third-order valence-electron chi connectivity index (χ3n) is 10.5. The number of para-hydroxylation sites is 1. The molecular weight excluding hydrogens is 641 g/mol. The largest absolute Gasteiger partial charge is 0.455 e. The zero-order valence-corrected chi connectivity index (χ0v) is 28.4. The topological polar surface area (TPSA) is 13.1 Å². The van der Waals surface area contributed by atoms with Crippen LogP contribution in [0.2, 0.25) is 0 Å². The fourth-order valence-electron chi connectivity index (χ4n) is 8.09. The van der Waals surface area contributed by atoms with Gasteiger partial charge in [-0.15, -0.1) is 0 Å². The maximum absolute atomic E-state index is 9.73. The Morgan fingerprint density at radius 3 is 1.62 bits per heavy atom. The molecule has 1 heterocycles. The fraction of sp³-hybridized carbons (Fsp3) is 0. The summed E-state index contributed by atoms with van der Waals surface area (Å²) in [7, 11) is 0. The molecule has 53 heavy (non-hydrogen) atoms. The molecule has 0 amide bonds. The number of hydrogen-bond acceptors (Lipinski definition) is 1. The maximum atomic E-state index is 9.73. The van der Waals surface area contributed by atoms with Crippen LogP contribution in [0.3, 0.4) is 0 Å². The van der Waals surface area contributed by atoms with E-state index in [1.54, 1.807) is 6.07 Å². The zero-order valence-electron chi connectivity index (χ0n) is 34.4. The van der Waals surface area contributed by atoms with E-state index >= 15 is 0 Å². The highest BCUT2D eigenvalue weighted by Crippen LogP contribution is 2.45. The van der Waals surface area contributed by atoms with Gasteiger partial charge in [0, 0.05) is 16.3 Å². The maximum Gasteiger partial charge on any atom is 0.143 e. The van der Waals surface area contributed by atoms with Crippen molar-refractivity contribution >= 4 is 65.0 Å². The molecule has 0 aliphatic heterocycles. The second kappa shape index (κ2) is 11.8. The number of rotatable bonds is 4. The smallest absolute Gasteiger partial charge is 0.143 e. The second-order valence-electron chi connectivity index (χ2n) is 13.5. The molecule has 0 aliphatic carbocycles. The van der Waals surface area contributed by atoms with Crippen molar-refractivity contribution in [2.45, 2.75) is 0 Å². The van der Waals surface area contributed by atoms with Crippen LogP contribution in [0.4, 0.5) is 0 Å². The molecule has 0 N–H and O–H groups in total. The molecule has 0 saturated heterocycles. The van der Waals surface area contributed by atoms with Crippen LogP contribution in [0.25, 0.3) is 110 Å². The van der Waals surface area contributed by atoms with Gasteiger partial charge >= 0.3 is 0 Å². The van der Waals surface area contributed by atoms with Gasteiger partial charge in [-0.25, -0.2) is 0 Å². The molecule has 1 nitrogen and oxygen atoms in total. The molecule has 0 spiro atoms. The fourth-order valence-corrected chi connectivity index (χ4v) is 8.09.